The Morgan fingerprint density at radius 1 is 1.08 bits per heavy atom. The predicted molar refractivity (Wildman–Crippen MR) is 105 cm³/mol. The maximum absolute atomic E-state index is 12.9. The Bertz CT molecular complexity index is 934. The van der Waals surface area contributed by atoms with Gasteiger partial charge in [0.25, 0.3) is 0 Å². The fraction of sp³-hybridized carbons (Fsp3) is 0.318. The Morgan fingerprint density at radius 3 is 2.44 bits per heavy atom. The van der Waals surface area contributed by atoms with Crippen LogP contribution in [0.15, 0.2) is 54.6 Å². The lowest BCUT2D eigenvalue weighted by molar-refractivity contribution is -0.118. The summed E-state index contributed by atoms with van der Waals surface area (Å²) in [6.07, 6.45) is 1.84. The topological polar surface area (TPSA) is 44.9 Å². The summed E-state index contributed by atoms with van der Waals surface area (Å²) >= 11 is 0. The monoisotopic (exact) mass is 334 g/mol. The summed E-state index contributed by atoms with van der Waals surface area (Å²) < 4.78 is 0. The van der Waals surface area contributed by atoms with E-state index in [-0.39, 0.29) is 18.2 Å². The second-order valence-electron chi connectivity index (χ2n) is 8.14. The molecule has 1 heterocycles. The normalized spacial score (nSPS) is 16.0. The van der Waals surface area contributed by atoms with Crippen molar-refractivity contribution < 1.29 is 6.22 Å². The van der Waals surface area contributed by atoms with E-state index in [1.165, 1.54) is 5.69 Å². The third-order valence-electron chi connectivity index (χ3n) is 5.20. The highest BCUT2D eigenvalue weighted by molar-refractivity contribution is 6.02. The van der Waals surface area contributed by atoms with Crippen LogP contribution in [0.1, 0.15) is 46.3 Å². The smallest absolute Gasteiger partial charge is 0.235 e. The number of H-pyrrole nitrogens is 1. The third-order valence-corrected chi connectivity index (χ3v) is 5.20. The van der Waals surface area contributed by atoms with E-state index in [4.69, 9.17) is 0 Å². The van der Waals surface area contributed by atoms with E-state index in [0.717, 1.165) is 35.0 Å². The molecule has 2 aromatic carbocycles. The van der Waals surface area contributed by atoms with Gasteiger partial charge in [0, 0.05) is 29.1 Å². The zero-order valence-electron chi connectivity index (χ0n) is 15.0. The standard InChI is InChI=1S/C22H24N2O.H2/c1-21(2,3)19-14-15-13-17(9-10-18(15)24-19)23-20(25)22(11-12-22)16-7-5-4-6-8-16;/h4-10,13-14,24H,11-12H2,1-3H3,(H,23,25);1H. The summed E-state index contributed by atoms with van der Waals surface area (Å²) in [5.74, 6) is 0.102. The molecular weight excluding hydrogens is 308 g/mol. The van der Waals surface area contributed by atoms with Crippen LogP contribution in [-0.4, -0.2) is 10.9 Å². The highest BCUT2D eigenvalue weighted by Crippen LogP contribution is 2.49. The van der Waals surface area contributed by atoms with Gasteiger partial charge in [0.15, 0.2) is 0 Å². The van der Waals surface area contributed by atoms with E-state index in [9.17, 15) is 4.79 Å². The molecule has 0 aliphatic heterocycles. The number of hydrogen-bond donors (Lipinski definition) is 2. The largest absolute Gasteiger partial charge is 0.358 e. The van der Waals surface area contributed by atoms with Crippen LogP contribution in [0.25, 0.3) is 10.9 Å². The number of fused-ring (bicyclic) bond motifs is 1. The number of nitrogens with one attached hydrogen (secondary N) is 2. The van der Waals surface area contributed by atoms with Gasteiger partial charge in [0.05, 0.1) is 5.41 Å². The van der Waals surface area contributed by atoms with Gasteiger partial charge in [0.2, 0.25) is 5.91 Å². The molecule has 0 atom stereocenters. The maximum atomic E-state index is 12.9. The summed E-state index contributed by atoms with van der Waals surface area (Å²) in [6, 6.07) is 18.4. The lowest BCUT2D eigenvalue weighted by Crippen LogP contribution is -2.27. The molecule has 1 aliphatic carbocycles. The first-order valence-electron chi connectivity index (χ1n) is 8.89. The number of anilines is 1. The number of hydrogen-bond acceptors (Lipinski definition) is 1. The molecule has 0 saturated heterocycles. The highest BCUT2D eigenvalue weighted by Gasteiger charge is 2.51. The number of carbonyl (C=O) groups excluding carboxylic acids is 1. The molecule has 4 rings (SSSR count). The minimum Gasteiger partial charge on any atom is -0.358 e. The molecule has 3 nitrogen and oxygen atoms in total. The molecule has 0 radical (unpaired) electrons. The zero-order chi connectivity index (χ0) is 17.7. The second-order valence-corrected chi connectivity index (χ2v) is 8.14. The van der Waals surface area contributed by atoms with Crippen molar-refractivity contribution in [3.05, 3.63) is 65.9 Å². The van der Waals surface area contributed by atoms with E-state index in [1.54, 1.807) is 0 Å². The van der Waals surface area contributed by atoms with Crippen molar-refractivity contribution in [1.82, 2.24) is 4.98 Å². The summed E-state index contributed by atoms with van der Waals surface area (Å²) in [4.78, 5) is 16.4. The molecule has 3 heteroatoms. The van der Waals surface area contributed by atoms with Crippen LogP contribution in [0.5, 0.6) is 0 Å². The van der Waals surface area contributed by atoms with Crippen molar-refractivity contribution in [2.75, 3.05) is 5.32 Å². The Balaban J connectivity index is 0.00000196. The van der Waals surface area contributed by atoms with Gasteiger partial charge < -0.3 is 10.3 Å². The lowest BCUT2D eigenvalue weighted by atomic mass is 9.92. The Kier molecular flexibility index (Phi) is 3.50. The average Bonchev–Trinajstić information content (AvgIpc) is 3.28. The average molecular weight is 334 g/mol. The van der Waals surface area contributed by atoms with Crippen LogP contribution >= 0.6 is 0 Å². The van der Waals surface area contributed by atoms with Gasteiger partial charge in [-0.25, -0.2) is 0 Å². The Labute approximate surface area is 149 Å². The van der Waals surface area contributed by atoms with Crippen molar-refractivity contribution in [2.45, 2.75) is 44.4 Å². The van der Waals surface area contributed by atoms with E-state index in [2.05, 4.69) is 55.3 Å². The number of rotatable bonds is 3. The van der Waals surface area contributed by atoms with Crippen LogP contribution in [0.4, 0.5) is 5.69 Å². The van der Waals surface area contributed by atoms with Gasteiger partial charge in [-0.2, -0.15) is 0 Å². The molecule has 130 valence electrons. The molecule has 25 heavy (non-hydrogen) atoms. The first-order valence-corrected chi connectivity index (χ1v) is 8.89. The molecule has 1 aliphatic rings. The first kappa shape index (κ1) is 15.9. The van der Waals surface area contributed by atoms with Crippen LogP contribution in [-0.2, 0) is 15.6 Å². The molecule has 3 aromatic rings. The Morgan fingerprint density at radius 2 is 1.80 bits per heavy atom. The number of aromatic amines is 1. The minimum absolute atomic E-state index is 0. The minimum atomic E-state index is -0.342. The number of amides is 1. The summed E-state index contributed by atoms with van der Waals surface area (Å²) in [5, 5.41) is 4.26. The van der Waals surface area contributed by atoms with Crippen molar-refractivity contribution >= 4 is 22.5 Å². The van der Waals surface area contributed by atoms with Crippen LogP contribution < -0.4 is 5.32 Å². The Hall–Kier alpha value is -2.55. The highest BCUT2D eigenvalue weighted by atomic mass is 16.2. The summed E-state index contributed by atoms with van der Waals surface area (Å²) in [5.41, 5.74) is 4.02. The first-order chi connectivity index (χ1) is 11.9. The number of carbonyl (C=O) groups is 1. The van der Waals surface area contributed by atoms with Crippen LogP contribution in [0.3, 0.4) is 0 Å². The molecule has 1 amide bonds. The molecule has 0 spiro atoms. The maximum Gasteiger partial charge on any atom is 0.235 e. The number of aromatic nitrogens is 1. The fourth-order valence-corrected chi connectivity index (χ4v) is 3.39. The molecular formula is C22H26N2O. The van der Waals surface area contributed by atoms with Gasteiger partial charge in [-0.1, -0.05) is 51.1 Å². The lowest BCUT2D eigenvalue weighted by Gasteiger charge is -2.15. The summed E-state index contributed by atoms with van der Waals surface area (Å²) in [7, 11) is 0. The van der Waals surface area contributed by atoms with Gasteiger partial charge in [-0.05, 0) is 42.7 Å². The fourth-order valence-electron chi connectivity index (χ4n) is 3.39. The van der Waals surface area contributed by atoms with Gasteiger partial charge >= 0.3 is 0 Å². The summed E-state index contributed by atoms with van der Waals surface area (Å²) in [6.45, 7) is 6.57. The van der Waals surface area contributed by atoms with Gasteiger partial charge in [0.1, 0.15) is 0 Å². The quantitative estimate of drug-likeness (QED) is 0.663. The van der Waals surface area contributed by atoms with Crippen molar-refractivity contribution in [2.24, 2.45) is 0 Å². The third kappa shape index (κ3) is 2.84. The van der Waals surface area contributed by atoms with Crippen LogP contribution in [0, 0.1) is 0 Å². The van der Waals surface area contributed by atoms with Gasteiger partial charge in [-0.3, -0.25) is 4.79 Å². The van der Waals surface area contributed by atoms with Crippen molar-refractivity contribution in [3.63, 3.8) is 0 Å². The zero-order valence-corrected chi connectivity index (χ0v) is 15.0. The molecule has 1 fully saturated rings. The van der Waals surface area contributed by atoms with Crippen molar-refractivity contribution in [3.8, 4) is 0 Å². The molecule has 1 saturated carbocycles. The van der Waals surface area contributed by atoms with Crippen molar-refractivity contribution in [1.29, 1.82) is 0 Å². The molecule has 0 bridgehead atoms. The second kappa shape index (κ2) is 5.48. The molecule has 1 aromatic heterocycles. The SMILES string of the molecule is CC(C)(C)c1cc2cc(NC(=O)C3(c4ccccc4)CC3)ccc2[nH]1.[HH]. The van der Waals surface area contributed by atoms with Gasteiger partial charge in [-0.15, -0.1) is 0 Å². The number of benzene rings is 2. The predicted octanol–water partition coefficient (Wildman–Crippen LogP) is 5.38. The van der Waals surface area contributed by atoms with E-state index in [0.29, 0.717) is 0 Å². The molecule has 0 unspecified atom stereocenters. The van der Waals surface area contributed by atoms with Crippen LogP contribution in [0.2, 0.25) is 0 Å². The molecule has 2 N–H and O–H groups in total. The van der Waals surface area contributed by atoms with E-state index in [1.807, 2.05) is 30.3 Å². The van der Waals surface area contributed by atoms with E-state index >= 15 is 0 Å². The van der Waals surface area contributed by atoms with E-state index < -0.39 is 0 Å².